The number of rotatable bonds is 5. The maximum Gasteiger partial charge on any atom is 0.0540 e. The van der Waals surface area contributed by atoms with Gasteiger partial charge < -0.3 is 5.32 Å². The number of likely N-dealkylation sites (N-methyl/N-ethyl adjacent to an activating group) is 1. The predicted molar refractivity (Wildman–Crippen MR) is 74.5 cm³/mol. The molecule has 3 nitrogen and oxygen atoms in total. The molecule has 1 N–H and O–H groups in total. The van der Waals surface area contributed by atoms with Gasteiger partial charge in [0.2, 0.25) is 0 Å². The molecule has 0 amide bonds. The second-order valence-corrected chi connectivity index (χ2v) is 4.61. The summed E-state index contributed by atoms with van der Waals surface area (Å²) in [6.07, 6.45) is 2.98. The first-order valence-corrected chi connectivity index (χ1v) is 6.48. The Morgan fingerprint density at radius 3 is 2.56 bits per heavy atom. The topological polar surface area (TPSA) is 29.9 Å². The van der Waals surface area contributed by atoms with Crippen LogP contribution in [0, 0.1) is 6.92 Å². The summed E-state index contributed by atoms with van der Waals surface area (Å²) in [6.45, 7) is 5.23. The fraction of sp³-hybridized carbons (Fsp3) is 0.400. The van der Waals surface area contributed by atoms with Crippen LogP contribution in [0.4, 0.5) is 0 Å². The van der Waals surface area contributed by atoms with Gasteiger partial charge in [0, 0.05) is 24.3 Å². The van der Waals surface area contributed by atoms with E-state index in [9.17, 15) is 0 Å². The largest absolute Gasteiger partial charge is 0.310 e. The van der Waals surface area contributed by atoms with E-state index in [2.05, 4.69) is 54.6 Å². The first kappa shape index (κ1) is 12.8. The van der Waals surface area contributed by atoms with Gasteiger partial charge in [-0.1, -0.05) is 37.3 Å². The van der Waals surface area contributed by atoms with E-state index in [1.807, 2.05) is 17.9 Å². The molecule has 1 atom stereocenters. The predicted octanol–water partition coefficient (Wildman–Crippen LogP) is 2.62. The van der Waals surface area contributed by atoms with Crippen molar-refractivity contribution in [2.75, 3.05) is 6.54 Å². The van der Waals surface area contributed by atoms with Gasteiger partial charge in [0.15, 0.2) is 0 Å². The van der Waals surface area contributed by atoms with Crippen molar-refractivity contribution >= 4 is 0 Å². The molecule has 1 aromatic carbocycles. The number of aromatic nitrogens is 2. The van der Waals surface area contributed by atoms with Crippen LogP contribution in [0.2, 0.25) is 0 Å². The van der Waals surface area contributed by atoms with Gasteiger partial charge in [-0.15, -0.1) is 0 Å². The van der Waals surface area contributed by atoms with Crippen LogP contribution in [-0.2, 0) is 13.5 Å². The van der Waals surface area contributed by atoms with Crippen molar-refractivity contribution in [2.45, 2.75) is 26.3 Å². The molecule has 0 fully saturated rings. The van der Waals surface area contributed by atoms with Crippen LogP contribution >= 0.6 is 0 Å². The van der Waals surface area contributed by atoms with Crippen molar-refractivity contribution in [3.63, 3.8) is 0 Å². The van der Waals surface area contributed by atoms with Crippen LogP contribution in [0.15, 0.2) is 36.5 Å². The van der Waals surface area contributed by atoms with Crippen molar-refractivity contribution in [2.24, 2.45) is 7.05 Å². The van der Waals surface area contributed by atoms with E-state index in [4.69, 9.17) is 0 Å². The highest BCUT2D eigenvalue weighted by Gasteiger charge is 2.16. The molecule has 0 saturated carbocycles. The van der Waals surface area contributed by atoms with Gasteiger partial charge in [-0.05, 0) is 25.5 Å². The van der Waals surface area contributed by atoms with Gasteiger partial charge in [-0.2, -0.15) is 5.10 Å². The molecular formula is C15H21N3. The van der Waals surface area contributed by atoms with E-state index in [0.29, 0.717) is 6.04 Å². The van der Waals surface area contributed by atoms with Gasteiger partial charge in [0.1, 0.15) is 0 Å². The van der Waals surface area contributed by atoms with Crippen LogP contribution in [0.3, 0.4) is 0 Å². The molecule has 0 aliphatic rings. The minimum atomic E-state index is 0.339. The number of nitrogens with one attached hydrogen (secondary N) is 1. The van der Waals surface area contributed by atoms with E-state index in [-0.39, 0.29) is 0 Å². The fourth-order valence-electron chi connectivity index (χ4n) is 2.25. The first-order valence-electron chi connectivity index (χ1n) is 6.48. The Morgan fingerprint density at radius 1 is 1.28 bits per heavy atom. The lowest BCUT2D eigenvalue weighted by Gasteiger charge is -2.18. The molecule has 0 aliphatic carbocycles. The summed E-state index contributed by atoms with van der Waals surface area (Å²) in [4.78, 5) is 0. The molecule has 1 heterocycles. The van der Waals surface area contributed by atoms with Crippen molar-refractivity contribution in [3.05, 3.63) is 53.3 Å². The Bertz CT molecular complexity index is 488. The average molecular weight is 243 g/mol. The normalized spacial score (nSPS) is 12.6. The molecule has 1 unspecified atom stereocenters. The second-order valence-electron chi connectivity index (χ2n) is 4.61. The SMILES string of the molecule is CCNC(Cc1ccccc1)c1cnn(C)c1C. The van der Waals surface area contributed by atoms with Crippen LogP contribution in [-0.4, -0.2) is 16.3 Å². The molecule has 0 radical (unpaired) electrons. The Balaban J connectivity index is 2.21. The van der Waals surface area contributed by atoms with Crippen LogP contribution in [0.25, 0.3) is 0 Å². The third-order valence-electron chi connectivity index (χ3n) is 3.38. The molecule has 0 bridgehead atoms. The van der Waals surface area contributed by atoms with E-state index in [0.717, 1.165) is 13.0 Å². The lowest BCUT2D eigenvalue weighted by molar-refractivity contribution is 0.546. The quantitative estimate of drug-likeness (QED) is 0.875. The van der Waals surface area contributed by atoms with Gasteiger partial charge in [0.25, 0.3) is 0 Å². The van der Waals surface area contributed by atoms with E-state index in [1.54, 1.807) is 0 Å². The molecule has 18 heavy (non-hydrogen) atoms. The standard InChI is InChI=1S/C15H21N3/c1-4-16-15(10-13-8-6-5-7-9-13)14-11-17-18(3)12(14)2/h5-9,11,15-16H,4,10H2,1-3H3. The third-order valence-corrected chi connectivity index (χ3v) is 3.38. The number of nitrogens with zero attached hydrogens (tertiary/aromatic N) is 2. The molecule has 1 aromatic heterocycles. The fourth-order valence-corrected chi connectivity index (χ4v) is 2.25. The van der Waals surface area contributed by atoms with E-state index >= 15 is 0 Å². The van der Waals surface area contributed by atoms with E-state index < -0.39 is 0 Å². The maximum absolute atomic E-state index is 4.34. The lowest BCUT2D eigenvalue weighted by Crippen LogP contribution is -2.23. The highest BCUT2D eigenvalue weighted by atomic mass is 15.3. The highest BCUT2D eigenvalue weighted by molar-refractivity contribution is 5.25. The number of benzene rings is 1. The Morgan fingerprint density at radius 2 is 2.00 bits per heavy atom. The molecule has 0 spiro atoms. The van der Waals surface area contributed by atoms with Crippen molar-refractivity contribution in [3.8, 4) is 0 Å². The zero-order valence-electron chi connectivity index (χ0n) is 11.4. The number of hydrogen-bond acceptors (Lipinski definition) is 2. The Kier molecular flexibility index (Phi) is 4.15. The smallest absolute Gasteiger partial charge is 0.0540 e. The van der Waals surface area contributed by atoms with E-state index in [1.165, 1.54) is 16.8 Å². The molecule has 96 valence electrons. The molecule has 0 saturated heterocycles. The highest BCUT2D eigenvalue weighted by Crippen LogP contribution is 2.21. The van der Waals surface area contributed by atoms with Gasteiger partial charge in [0.05, 0.1) is 6.20 Å². The maximum atomic E-state index is 4.34. The molecular weight excluding hydrogens is 222 g/mol. The van der Waals surface area contributed by atoms with Gasteiger partial charge in [-0.3, -0.25) is 4.68 Å². The van der Waals surface area contributed by atoms with Gasteiger partial charge >= 0.3 is 0 Å². The zero-order chi connectivity index (χ0) is 13.0. The first-order chi connectivity index (χ1) is 8.72. The van der Waals surface area contributed by atoms with Crippen molar-refractivity contribution in [1.82, 2.24) is 15.1 Å². The summed E-state index contributed by atoms with van der Waals surface area (Å²) in [5.74, 6) is 0. The molecule has 0 aliphatic heterocycles. The minimum Gasteiger partial charge on any atom is -0.310 e. The number of aryl methyl sites for hydroxylation is 1. The summed E-state index contributed by atoms with van der Waals surface area (Å²) in [7, 11) is 1.99. The monoisotopic (exact) mass is 243 g/mol. The Labute approximate surface area is 109 Å². The summed E-state index contributed by atoms with van der Waals surface area (Å²) in [5.41, 5.74) is 3.88. The lowest BCUT2D eigenvalue weighted by atomic mass is 9.99. The summed E-state index contributed by atoms with van der Waals surface area (Å²) in [6, 6.07) is 10.9. The molecule has 2 rings (SSSR count). The molecule has 3 heteroatoms. The Hall–Kier alpha value is -1.61. The third kappa shape index (κ3) is 2.79. The average Bonchev–Trinajstić information content (AvgIpc) is 2.71. The van der Waals surface area contributed by atoms with Crippen LogP contribution < -0.4 is 5.32 Å². The van der Waals surface area contributed by atoms with Crippen LogP contribution in [0.5, 0.6) is 0 Å². The zero-order valence-corrected chi connectivity index (χ0v) is 11.4. The summed E-state index contributed by atoms with van der Waals surface area (Å²) in [5, 5.41) is 7.89. The second kappa shape index (κ2) is 5.83. The van der Waals surface area contributed by atoms with Crippen molar-refractivity contribution < 1.29 is 0 Å². The number of hydrogen-bond donors (Lipinski definition) is 1. The van der Waals surface area contributed by atoms with Gasteiger partial charge in [-0.25, -0.2) is 0 Å². The van der Waals surface area contributed by atoms with Crippen LogP contribution in [0.1, 0.15) is 29.8 Å². The summed E-state index contributed by atoms with van der Waals surface area (Å²) < 4.78 is 1.94. The summed E-state index contributed by atoms with van der Waals surface area (Å²) >= 11 is 0. The molecule has 2 aromatic rings. The minimum absolute atomic E-state index is 0.339. The van der Waals surface area contributed by atoms with Crippen molar-refractivity contribution in [1.29, 1.82) is 0 Å².